The molecule has 0 aromatic heterocycles. The normalized spacial score (nSPS) is 29.4. The monoisotopic (exact) mass is 279 g/mol. The average Bonchev–Trinajstić information content (AvgIpc) is 2.26. The molecular weight excluding hydrogens is 254 g/mol. The minimum Gasteiger partial charge on any atom is -0.378 e. The van der Waals surface area contributed by atoms with Crippen LogP contribution in [0.15, 0.2) is 0 Å². The number of rotatable bonds is 7. The topological polar surface area (TPSA) is 78.6 Å². The van der Waals surface area contributed by atoms with Crippen molar-refractivity contribution in [2.75, 3.05) is 25.6 Å². The van der Waals surface area contributed by atoms with Crippen LogP contribution < -0.4 is 5.14 Å². The van der Waals surface area contributed by atoms with E-state index in [2.05, 4.69) is 13.8 Å². The highest BCUT2D eigenvalue weighted by molar-refractivity contribution is 7.89. The van der Waals surface area contributed by atoms with Crippen LogP contribution in [0.4, 0.5) is 0 Å². The van der Waals surface area contributed by atoms with Crippen LogP contribution in [0.2, 0.25) is 0 Å². The fourth-order valence-electron chi connectivity index (χ4n) is 2.20. The first-order valence-electron chi connectivity index (χ1n) is 6.58. The third kappa shape index (κ3) is 6.68. The van der Waals surface area contributed by atoms with Gasteiger partial charge in [-0.3, -0.25) is 0 Å². The van der Waals surface area contributed by atoms with E-state index < -0.39 is 10.0 Å². The first-order valence-corrected chi connectivity index (χ1v) is 8.30. The Morgan fingerprint density at radius 2 is 1.83 bits per heavy atom. The molecule has 1 fully saturated rings. The van der Waals surface area contributed by atoms with Gasteiger partial charge in [0.25, 0.3) is 0 Å². The van der Waals surface area contributed by atoms with Crippen molar-refractivity contribution < 1.29 is 17.9 Å². The molecule has 1 aliphatic rings. The van der Waals surface area contributed by atoms with E-state index in [1.54, 1.807) is 0 Å². The van der Waals surface area contributed by atoms with E-state index >= 15 is 0 Å². The molecular formula is C12H25NO4S. The Bertz CT molecular complexity index is 331. The van der Waals surface area contributed by atoms with Gasteiger partial charge in [-0.15, -0.1) is 0 Å². The van der Waals surface area contributed by atoms with Gasteiger partial charge in [-0.2, -0.15) is 0 Å². The van der Waals surface area contributed by atoms with Crippen LogP contribution in [-0.2, 0) is 19.5 Å². The lowest BCUT2D eigenvalue weighted by Crippen LogP contribution is -2.28. The van der Waals surface area contributed by atoms with Crippen LogP contribution in [-0.4, -0.2) is 40.1 Å². The largest absolute Gasteiger partial charge is 0.378 e. The molecule has 0 aliphatic heterocycles. The van der Waals surface area contributed by atoms with Gasteiger partial charge in [0.05, 0.1) is 31.7 Å². The molecule has 0 amide bonds. The zero-order valence-corrected chi connectivity index (χ0v) is 12.1. The summed E-state index contributed by atoms with van der Waals surface area (Å²) in [5, 5.41) is 4.86. The molecule has 0 bridgehead atoms. The molecule has 0 saturated heterocycles. The Kier molecular flexibility index (Phi) is 6.55. The van der Waals surface area contributed by atoms with Crippen LogP contribution in [0, 0.1) is 11.8 Å². The third-order valence-corrected chi connectivity index (χ3v) is 4.38. The molecule has 0 spiro atoms. The van der Waals surface area contributed by atoms with Gasteiger partial charge in [0.2, 0.25) is 10.0 Å². The molecule has 0 aromatic carbocycles. The molecule has 6 heteroatoms. The SMILES string of the molecule is CC1CCC(OCCOCCS(N)(=O)=O)CC1C. The van der Waals surface area contributed by atoms with Gasteiger partial charge in [-0.1, -0.05) is 13.8 Å². The molecule has 1 rings (SSSR count). The van der Waals surface area contributed by atoms with Crippen LogP contribution >= 0.6 is 0 Å². The molecule has 2 N–H and O–H groups in total. The van der Waals surface area contributed by atoms with E-state index in [4.69, 9.17) is 14.6 Å². The second kappa shape index (κ2) is 7.43. The van der Waals surface area contributed by atoms with Gasteiger partial charge in [-0.05, 0) is 31.1 Å². The second-order valence-corrected chi connectivity index (χ2v) is 6.97. The van der Waals surface area contributed by atoms with E-state index in [0.717, 1.165) is 18.8 Å². The quantitative estimate of drug-likeness (QED) is 0.709. The molecule has 0 radical (unpaired) electrons. The predicted molar refractivity (Wildman–Crippen MR) is 70.7 cm³/mol. The summed E-state index contributed by atoms with van der Waals surface area (Å²) in [6.45, 7) is 5.65. The summed E-state index contributed by atoms with van der Waals surface area (Å²) in [6, 6.07) is 0. The molecule has 3 atom stereocenters. The second-order valence-electron chi connectivity index (χ2n) is 5.24. The van der Waals surface area contributed by atoms with Gasteiger partial charge in [0.15, 0.2) is 0 Å². The molecule has 1 aliphatic carbocycles. The van der Waals surface area contributed by atoms with Crippen molar-refractivity contribution in [2.45, 2.75) is 39.2 Å². The number of nitrogens with two attached hydrogens (primary N) is 1. The van der Waals surface area contributed by atoms with Gasteiger partial charge < -0.3 is 9.47 Å². The van der Waals surface area contributed by atoms with Crippen LogP contribution in [0.5, 0.6) is 0 Å². The zero-order valence-electron chi connectivity index (χ0n) is 11.3. The third-order valence-electron chi connectivity index (χ3n) is 3.64. The lowest BCUT2D eigenvalue weighted by atomic mass is 9.80. The lowest BCUT2D eigenvalue weighted by molar-refractivity contribution is -0.0246. The Hall–Kier alpha value is -0.170. The maximum absolute atomic E-state index is 10.6. The van der Waals surface area contributed by atoms with Crippen LogP contribution in [0.3, 0.4) is 0 Å². The average molecular weight is 279 g/mol. The molecule has 18 heavy (non-hydrogen) atoms. The van der Waals surface area contributed by atoms with Gasteiger partial charge >= 0.3 is 0 Å². The Balaban J connectivity index is 2.01. The highest BCUT2D eigenvalue weighted by Crippen LogP contribution is 2.30. The van der Waals surface area contributed by atoms with Gasteiger partial charge in [-0.25, -0.2) is 13.6 Å². The van der Waals surface area contributed by atoms with Crippen molar-refractivity contribution in [3.05, 3.63) is 0 Å². The maximum atomic E-state index is 10.6. The summed E-state index contributed by atoms with van der Waals surface area (Å²) in [6.07, 6.45) is 3.78. The van der Waals surface area contributed by atoms with Crippen molar-refractivity contribution in [1.29, 1.82) is 0 Å². The van der Waals surface area contributed by atoms with Crippen LogP contribution in [0.1, 0.15) is 33.1 Å². The van der Waals surface area contributed by atoms with Crippen LogP contribution in [0.25, 0.3) is 0 Å². The zero-order chi connectivity index (χ0) is 13.6. The number of sulfonamides is 1. The molecule has 3 unspecified atom stereocenters. The van der Waals surface area contributed by atoms with Crippen molar-refractivity contribution in [3.63, 3.8) is 0 Å². The van der Waals surface area contributed by atoms with Crippen molar-refractivity contribution in [1.82, 2.24) is 0 Å². The maximum Gasteiger partial charge on any atom is 0.211 e. The van der Waals surface area contributed by atoms with E-state index in [1.807, 2.05) is 0 Å². The molecule has 0 aromatic rings. The Morgan fingerprint density at radius 3 is 2.44 bits per heavy atom. The summed E-state index contributed by atoms with van der Waals surface area (Å²) >= 11 is 0. The summed E-state index contributed by atoms with van der Waals surface area (Å²) in [5.41, 5.74) is 0. The molecule has 5 nitrogen and oxygen atoms in total. The lowest BCUT2D eigenvalue weighted by Gasteiger charge is -2.31. The first kappa shape index (κ1) is 15.9. The number of hydrogen-bond acceptors (Lipinski definition) is 4. The van der Waals surface area contributed by atoms with E-state index in [0.29, 0.717) is 25.2 Å². The minimum atomic E-state index is -3.41. The Labute approximate surface area is 110 Å². The molecule has 0 heterocycles. The first-order chi connectivity index (χ1) is 8.38. The number of ether oxygens (including phenoxy) is 2. The standard InChI is InChI=1S/C12H25NO4S/c1-10-3-4-12(9-11(10)2)17-6-5-16-7-8-18(13,14)15/h10-12H,3-9H2,1-2H3,(H2,13,14,15). The van der Waals surface area contributed by atoms with E-state index in [-0.39, 0.29) is 12.4 Å². The summed E-state index contributed by atoms with van der Waals surface area (Å²) in [7, 11) is -3.41. The Morgan fingerprint density at radius 1 is 1.11 bits per heavy atom. The van der Waals surface area contributed by atoms with Gasteiger partial charge in [0.1, 0.15) is 0 Å². The highest BCUT2D eigenvalue weighted by atomic mass is 32.2. The predicted octanol–water partition coefficient (Wildman–Crippen LogP) is 1.13. The van der Waals surface area contributed by atoms with Gasteiger partial charge in [0, 0.05) is 0 Å². The number of primary sulfonamides is 1. The summed E-state index contributed by atoms with van der Waals surface area (Å²) in [4.78, 5) is 0. The van der Waals surface area contributed by atoms with E-state index in [9.17, 15) is 8.42 Å². The summed E-state index contributed by atoms with van der Waals surface area (Å²) in [5.74, 6) is 1.37. The minimum absolute atomic E-state index is 0.134. The molecule has 1 saturated carbocycles. The van der Waals surface area contributed by atoms with Crippen molar-refractivity contribution in [2.24, 2.45) is 17.0 Å². The molecule has 108 valence electrons. The van der Waals surface area contributed by atoms with E-state index in [1.165, 1.54) is 6.42 Å². The summed E-state index contributed by atoms with van der Waals surface area (Å²) < 4.78 is 32.2. The van der Waals surface area contributed by atoms with Crippen molar-refractivity contribution >= 4 is 10.0 Å². The fraction of sp³-hybridized carbons (Fsp3) is 1.00. The van der Waals surface area contributed by atoms with Crippen molar-refractivity contribution in [3.8, 4) is 0 Å². The highest BCUT2D eigenvalue weighted by Gasteiger charge is 2.24. The number of hydrogen-bond donors (Lipinski definition) is 1. The fourth-order valence-corrected chi connectivity index (χ4v) is 2.55. The smallest absolute Gasteiger partial charge is 0.211 e.